The Labute approximate surface area is 244 Å². The Kier molecular flexibility index (Phi) is 35.0. The van der Waals surface area contributed by atoms with Crippen molar-refractivity contribution in [1.82, 2.24) is 0 Å². The molecule has 0 heteroatoms. The molecular weight excluding hydrogens is 456 g/mol. The Balaban J connectivity index is 3.62. The lowest BCUT2D eigenvalue weighted by atomic mass is 9.89. The van der Waals surface area contributed by atoms with E-state index in [1.807, 2.05) is 0 Å². The second kappa shape index (κ2) is 35.0. The average molecular weight is 534 g/mol. The van der Waals surface area contributed by atoms with Crippen molar-refractivity contribution in [2.24, 2.45) is 5.92 Å². The highest BCUT2D eigenvalue weighted by atomic mass is 14.1. The number of unbranched alkanes of at least 4 members (excludes halogenated alkanes) is 28. The molecule has 1 unspecified atom stereocenters. The van der Waals surface area contributed by atoms with E-state index in [9.17, 15) is 0 Å². The van der Waals surface area contributed by atoms with Gasteiger partial charge in [0.2, 0.25) is 0 Å². The first-order valence-corrected chi connectivity index (χ1v) is 18.6. The third kappa shape index (κ3) is 32.2. The minimum atomic E-state index is 1.02. The van der Waals surface area contributed by atoms with Crippen LogP contribution in [0.3, 0.4) is 0 Å². The number of hydrogen-bond acceptors (Lipinski definition) is 0. The standard InChI is InChI=1S/C38H77/c1-4-7-10-13-15-17-19-21-22-23-25-27-29-31-34-37-38(35-32-12-9-6-3)36-33-30-28-26-24-20-18-16-14-11-8-5-2/h38H,3-37H2,1-2H3. The van der Waals surface area contributed by atoms with E-state index in [4.69, 9.17) is 0 Å². The molecular formula is C38H77. The summed E-state index contributed by atoms with van der Waals surface area (Å²) in [6.07, 6.45) is 49.7. The lowest BCUT2D eigenvalue weighted by Crippen LogP contribution is -2.01. The van der Waals surface area contributed by atoms with Gasteiger partial charge >= 0.3 is 0 Å². The lowest BCUT2D eigenvalue weighted by molar-refractivity contribution is 0.366. The van der Waals surface area contributed by atoms with Gasteiger partial charge in [0.05, 0.1) is 0 Å². The van der Waals surface area contributed by atoms with Crippen LogP contribution in [0.4, 0.5) is 0 Å². The molecule has 0 bridgehead atoms. The Hall–Kier alpha value is 0. The molecule has 0 aromatic rings. The largest absolute Gasteiger partial charge is 0.0654 e. The summed E-state index contributed by atoms with van der Waals surface area (Å²) < 4.78 is 0. The zero-order valence-electron chi connectivity index (χ0n) is 27.3. The minimum absolute atomic E-state index is 1.02. The van der Waals surface area contributed by atoms with Gasteiger partial charge < -0.3 is 0 Å². The fourth-order valence-corrected chi connectivity index (χ4v) is 6.30. The first-order chi connectivity index (χ1) is 18.8. The maximum Gasteiger partial charge on any atom is -0.0414 e. The second-order valence-corrected chi connectivity index (χ2v) is 13.0. The Morgan fingerprint density at radius 1 is 0.289 bits per heavy atom. The van der Waals surface area contributed by atoms with Gasteiger partial charge in [-0.25, -0.2) is 0 Å². The molecule has 229 valence electrons. The molecule has 0 spiro atoms. The molecule has 0 heterocycles. The third-order valence-electron chi connectivity index (χ3n) is 9.04. The molecule has 0 saturated carbocycles. The summed E-state index contributed by atoms with van der Waals surface area (Å²) in [6.45, 7) is 8.66. The molecule has 0 aromatic carbocycles. The van der Waals surface area contributed by atoms with Crippen molar-refractivity contribution in [3.05, 3.63) is 6.92 Å². The van der Waals surface area contributed by atoms with Crippen LogP contribution in [-0.4, -0.2) is 0 Å². The smallest absolute Gasteiger partial charge is 0.0414 e. The van der Waals surface area contributed by atoms with E-state index in [0.717, 1.165) is 12.3 Å². The summed E-state index contributed by atoms with van der Waals surface area (Å²) in [5.74, 6) is 1.02. The first-order valence-electron chi connectivity index (χ1n) is 18.6. The molecule has 0 saturated heterocycles. The van der Waals surface area contributed by atoms with Gasteiger partial charge in [0.15, 0.2) is 0 Å². The zero-order valence-corrected chi connectivity index (χ0v) is 27.3. The van der Waals surface area contributed by atoms with Gasteiger partial charge in [-0.3, -0.25) is 0 Å². The van der Waals surface area contributed by atoms with Crippen molar-refractivity contribution < 1.29 is 0 Å². The first kappa shape index (κ1) is 38.0. The predicted molar refractivity (Wildman–Crippen MR) is 177 cm³/mol. The normalized spacial score (nSPS) is 12.4. The fraction of sp³-hybridized carbons (Fsp3) is 0.974. The Morgan fingerprint density at radius 2 is 0.500 bits per heavy atom. The molecule has 1 radical (unpaired) electrons. The van der Waals surface area contributed by atoms with E-state index in [1.54, 1.807) is 0 Å². The van der Waals surface area contributed by atoms with Gasteiger partial charge in [0.25, 0.3) is 0 Å². The molecule has 0 rings (SSSR count). The van der Waals surface area contributed by atoms with E-state index < -0.39 is 0 Å². The topological polar surface area (TPSA) is 0 Å². The quantitative estimate of drug-likeness (QED) is 0.0721. The summed E-state index contributed by atoms with van der Waals surface area (Å²) in [7, 11) is 0. The van der Waals surface area contributed by atoms with Crippen molar-refractivity contribution in [2.45, 2.75) is 232 Å². The van der Waals surface area contributed by atoms with E-state index in [2.05, 4.69) is 20.8 Å². The summed E-state index contributed by atoms with van der Waals surface area (Å²) in [6, 6.07) is 0. The molecule has 0 aliphatic heterocycles. The fourth-order valence-electron chi connectivity index (χ4n) is 6.30. The highest BCUT2D eigenvalue weighted by Crippen LogP contribution is 2.25. The van der Waals surface area contributed by atoms with Gasteiger partial charge in [0.1, 0.15) is 0 Å². The second-order valence-electron chi connectivity index (χ2n) is 13.0. The monoisotopic (exact) mass is 534 g/mol. The third-order valence-corrected chi connectivity index (χ3v) is 9.04. The summed E-state index contributed by atoms with van der Waals surface area (Å²) in [4.78, 5) is 0. The van der Waals surface area contributed by atoms with Crippen molar-refractivity contribution in [3.8, 4) is 0 Å². The predicted octanol–water partition coefficient (Wildman–Crippen LogP) is 14.7. The maximum absolute atomic E-state index is 4.04. The van der Waals surface area contributed by atoms with Crippen molar-refractivity contribution in [2.75, 3.05) is 0 Å². The van der Waals surface area contributed by atoms with Crippen LogP contribution in [0.1, 0.15) is 232 Å². The number of rotatable bonds is 34. The summed E-state index contributed by atoms with van der Waals surface area (Å²) in [5.41, 5.74) is 0. The van der Waals surface area contributed by atoms with Gasteiger partial charge in [-0.15, -0.1) is 0 Å². The van der Waals surface area contributed by atoms with Crippen molar-refractivity contribution in [1.29, 1.82) is 0 Å². The van der Waals surface area contributed by atoms with E-state index >= 15 is 0 Å². The van der Waals surface area contributed by atoms with Crippen LogP contribution in [-0.2, 0) is 0 Å². The number of hydrogen-bond donors (Lipinski definition) is 0. The lowest BCUT2D eigenvalue weighted by Gasteiger charge is -2.17. The van der Waals surface area contributed by atoms with E-state index in [1.165, 1.54) is 212 Å². The van der Waals surface area contributed by atoms with Gasteiger partial charge in [-0.05, 0) is 5.92 Å². The van der Waals surface area contributed by atoms with Crippen LogP contribution in [0.5, 0.6) is 0 Å². The average Bonchev–Trinajstić information content (AvgIpc) is 2.93. The molecule has 0 aliphatic rings. The zero-order chi connectivity index (χ0) is 27.6. The molecule has 0 N–H and O–H groups in total. The van der Waals surface area contributed by atoms with Crippen LogP contribution < -0.4 is 0 Å². The van der Waals surface area contributed by atoms with Gasteiger partial charge in [-0.2, -0.15) is 0 Å². The van der Waals surface area contributed by atoms with Gasteiger partial charge in [0, 0.05) is 0 Å². The molecule has 0 fully saturated rings. The molecule has 0 aromatic heterocycles. The summed E-state index contributed by atoms with van der Waals surface area (Å²) in [5, 5.41) is 0. The molecule has 38 heavy (non-hydrogen) atoms. The summed E-state index contributed by atoms with van der Waals surface area (Å²) >= 11 is 0. The van der Waals surface area contributed by atoms with Crippen molar-refractivity contribution >= 4 is 0 Å². The van der Waals surface area contributed by atoms with Gasteiger partial charge in [-0.1, -0.05) is 239 Å². The Morgan fingerprint density at radius 3 is 0.737 bits per heavy atom. The molecule has 0 aliphatic carbocycles. The van der Waals surface area contributed by atoms with E-state index in [-0.39, 0.29) is 0 Å². The molecule has 0 amide bonds. The van der Waals surface area contributed by atoms with Crippen LogP contribution in [0.25, 0.3) is 0 Å². The molecule has 1 atom stereocenters. The Bertz CT molecular complexity index is 385. The minimum Gasteiger partial charge on any atom is -0.0654 e. The van der Waals surface area contributed by atoms with Crippen LogP contribution in [0, 0.1) is 12.8 Å². The SMILES string of the molecule is [CH2]CCCCCC(CCCCCCCCCCCCCC)CCCCCCCCCCCCCCCCC. The van der Waals surface area contributed by atoms with E-state index in [0.29, 0.717) is 0 Å². The highest BCUT2D eigenvalue weighted by Gasteiger charge is 2.08. The van der Waals surface area contributed by atoms with Crippen LogP contribution in [0.15, 0.2) is 0 Å². The van der Waals surface area contributed by atoms with Crippen LogP contribution >= 0.6 is 0 Å². The van der Waals surface area contributed by atoms with Crippen molar-refractivity contribution in [3.63, 3.8) is 0 Å². The maximum atomic E-state index is 4.04. The highest BCUT2D eigenvalue weighted by molar-refractivity contribution is 4.62. The molecule has 0 nitrogen and oxygen atoms in total. The van der Waals surface area contributed by atoms with Crippen LogP contribution in [0.2, 0.25) is 0 Å².